The van der Waals surface area contributed by atoms with Gasteiger partial charge in [0, 0.05) is 12.5 Å². The molecular weight excluding hydrogens is 302 g/mol. The molecular formula is C20H27NO3. The zero-order valence-corrected chi connectivity index (χ0v) is 14.9. The number of hydrogen-bond donors (Lipinski definition) is 0. The van der Waals surface area contributed by atoms with Crippen molar-refractivity contribution >= 4 is 17.4 Å². The van der Waals surface area contributed by atoms with Crippen molar-refractivity contribution in [2.45, 2.75) is 59.1 Å². The third-order valence-electron chi connectivity index (χ3n) is 4.34. The van der Waals surface area contributed by atoms with E-state index < -0.39 is 6.23 Å². The number of rotatable bonds is 8. The van der Waals surface area contributed by atoms with Crippen LogP contribution in [0.2, 0.25) is 0 Å². The Balaban J connectivity index is 1.95. The summed E-state index contributed by atoms with van der Waals surface area (Å²) in [4.78, 5) is 25.9. The first kappa shape index (κ1) is 18.4. The van der Waals surface area contributed by atoms with Crippen molar-refractivity contribution in [2.75, 3.05) is 11.5 Å². The van der Waals surface area contributed by atoms with E-state index in [1.807, 2.05) is 12.1 Å². The Kier molecular flexibility index (Phi) is 6.73. The quantitative estimate of drug-likeness (QED) is 0.521. The van der Waals surface area contributed by atoms with Crippen LogP contribution in [-0.2, 0) is 9.53 Å². The Bertz CT molecular complexity index is 621. The van der Waals surface area contributed by atoms with E-state index in [1.165, 1.54) is 43.1 Å². The average molecular weight is 329 g/mol. The van der Waals surface area contributed by atoms with Crippen molar-refractivity contribution in [3.05, 3.63) is 41.5 Å². The van der Waals surface area contributed by atoms with Gasteiger partial charge in [-0.1, -0.05) is 50.0 Å². The first-order chi connectivity index (χ1) is 11.6. The van der Waals surface area contributed by atoms with Gasteiger partial charge in [-0.25, -0.2) is 0 Å². The third kappa shape index (κ3) is 4.32. The number of ketones is 1. The highest BCUT2D eigenvalue weighted by Crippen LogP contribution is 2.32. The van der Waals surface area contributed by atoms with Crippen LogP contribution in [0.3, 0.4) is 0 Å². The summed E-state index contributed by atoms with van der Waals surface area (Å²) in [5, 5.41) is 0. The minimum atomic E-state index is -0.843. The van der Waals surface area contributed by atoms with Gasteiger partial charge in [0.2, 0.25) is 17.9 Å². The molecule has 0 aliphatic carbocycles. The lowest BCUT2D eigenvalue weighted by Gasteiger charge is -2.22. The standard InChI is InChI=1S/C20H27NO3/c1-4-5-6-7-10-15(2)13-14-24-20-19(23)17-11-8-9-12-18(17)21(20)16(3)22/h8-9,11-13,20H,4-7,10,14H2,1-3H3/b15-13+. The molecule has 0 spiro atoms. The normalized spacial score (nSPS) is 17.3. The molecule has 1 aromatic carbocycles. The van der Waals surface area contributed by atoms with Gasteiger partial charge in [0.25, 0.3) is 0 Å². The molecule has 0 saturated carbocycles. The van der Waals surface area contributed by atoms with Crippen molar-refractivity contribution in [2.24, 2.45) is 0 Å². The van der Waals surface area contributed by atoms with Crippen LogP contribution in [0.4, 0.5) is 5.69 Å². The van der Waals surface area contributed by atoms with Crippen molar-refractivity contribution in [1.82, 2.24) is 0 Å². The number of anilines is 1. The summed E-state index contributed by atoms with van der Waals surface area (Å²) in [6.07, 6.45) is 7.16. The second kappa shape index (κ2) is 8.78. The van der Waals surface area contributed by atoms with Gasteiger partial charge in [-0.3, -0.25) is 14.5 Å². The summed E-state index contributed by atoms with van der Waals surface area (Å²) < 4.78 is 5.75. The summed E-state index contributed by atoms with van der Waals surface area (Å²) in [5.41, 5.74) is 2.46. The van der Waals surface area contributed by atoms with Crippen LogP contribution in [0.25, 0.3) is 0 Å². The first-order valence-corrected chi connectivity index (χ1v) is 8.76. The van der Waals surface area contributed by atoms with Crippen LogP contribution < -0.4 is 4.90 Å². The third-order valence-corrected chi connectivity index (χ3v) is 4.34. The molecule has 1 aliphatic rings. The minimum absolute atomic E-state index is 0.144. The largest absolute Gasteiger partial charge is 0.346 e. The van der Waals surface area contributed by atoms with E-state index in [-0.39, 0.29) is 11.7 Å². The molecule has 4 heteroatoms. The van der Waals surface area contributed by atoms with Crippen LogP contribution in [0.15, 0.2) is 35.9 Å². The van der Waals surface area contributed by atoms with Crippen LogP contribution in [0.1, 0.15) is 63.2 Å². The zero-order valence-electron chi connectivity index (χ0n) is 14.9. The van der Waals surface area contributed by atoms with E-state index >= 15 is 0 Å². The van der Waals surface area contributed by atoms with E-state index in [4.69, 9.17) is 4.74 Å². The number of unbranched alkanes of at least 4 members (excludes halogenated alkanes) is 3. The summed E-state index contributed by atoms with van der Waals surface area (Å²) in [6, 6.07) is 7.15. The molecule has 0 fully saturated rings. The molecule has 0 N–H and O–H groups in total. The molecule has 1 amide bonds. The van der Waals surface area contributed by atoms with Gasteiger partial charge in [0.15, 0.2) is 0 Å². The topological polar surface area (TPSA) is 46.6 Å². The average Bonchev–Trinajstić information content (AvgIpc) is 2.85. The van der Waals surface area contributed by atoms with E-state index in [2.05, 4.69) is 13.8 Å². The Labute approximate surface area is 144 Å². The number of hydrogen-bond acceptors (Lipinski definition) is 3. The van der Waals surface area contributed by atoms with Gasteiger partial charge in [0.05, 0.1) is 12.3 Å². The van der Waals surface area contributed by atoms with Crippen LogP contribution in [0.5, 0.6) is 0 Å². The van der Waals surface area contributed by atoms with E-state index in [1.54, 1.807) is 18.2 Å². The highest BCUT2D eigenvalue weighted by Gasteiger charge is 2.39. The SMILES string of the molecule is CCCCCC/C(C)=C/COC1C(=O)c2ccccc2N1C(C)=O. The number of allylic oxidation sites excluding steroid dienone is 1. The molecule has 1 heterocycles. The fourth-order valence-corrected chi connectivity index (χ4v) is 2.97. The highest BCUT2D eigenvalue weighted by atomic mass is 16.5. The van der Waals surface area contributed by atoms with Gasteiger partial charge < -0.3 is 4.74 Å². The van der Waals surface area contributed by atoms with Gasteiger partial charge in [-0.2, -0.15) is 0 Å². The molecule has 0 aromatic heterocycles. The van der Waals surface area contributed by atoms with E-state index in [9.17, 15) is 9.59 Å². The molecule has 0 saturated heterocycles. The van der Waals surface area contributed by atoms with Crippen LogP contribution >= 0.6 is 0 Å². The Morgan fingerprint density at radius 1 is 1.21 bits per heavy atom. The summed E-state index contributed by atoms with van der Waals surface area (Å²) in [6.45, 7) is 6.09. The predicted octanol–water partition coefficient (Wildman–Crippen LogP) is 4.50. The number of Topliss-reactive ketones (excluding diaryl/α,β-unsaturated/α-hetero) is 1. The minimum Gasteiger partial charge on any atom is -0.346 e. The van der Waals surface area contributed by atoms with Gasteiger partial charge in [0.1, 0.15) is 0 Å². The monoisotopic (exact) mass is 329 g/mol. The van der Waals surface area contributed by atoms with E-state index in [0.29, 0.717) is 17.9 Å². The second-order valence-corrected chi connectivity index (χ2v) is 6.32. The van der Waals surface area contributed by atoms with Crippen molar-refractivity contribution in [3.63, 3.8) is 0 Å². The van der Waals surface area contributed by atoms with Gasteiger partial charge >= 0.3 is 0 Å². The summed E-state index contributed by atoms with van der Waals surface area (Å²) >= 11 is 0. The smallest absolute Gasteiger partial charge is 0.226 e. The maximum Gasteiger partial charge on any atom is 0.226 e. The first-order valence-electron chi connectivity index (χ1n) is 8.76. The summed E-state index contributed by atoms with van der Waals surface area (Å²) in [7, 11) is 0. The molecule has 4 nitrogen and oxygen atoms in total. The Morgan fingerprint density at radius 2 is 1.96 bits per heavy atom. The van der Waals surface area contributed by atoms with Gasteiger partial charge in [-0.15, -0.1) is 0 Å². The number of nitrogens with zero attached hydrogens (tertiary/aromatic N) is 1. The molecule has 1 atom stereocenters. The van der Waals surface area contributed by atoms with Crippen LogP contribution in [0, 0.1) is 0 Å². The number of fused-ring (bicyclic) bond motifs is 1. The number of carbonyl (C=O) groups excluding carboxylic acids is 2. The molecule has 1 aliphatic heterocycles. The lowest BCUT2D eigenvalue weighted by atomic mass is 10.1. The van der Waals surface area contributed by atoms with E-state index in [0.717, 1.165) is 6.42 Å². The number of para-hydroxylation sites is 1. The molecule has 130 valence electrons. The lowest BCUT2D eigenvalue weighted by Crippen LogP contribution is -2.40. The highest BCUT2D eigenvalue weighted by molar-refractivity contribution is 6.16. The van der Waals surface area contributed by atoms with Crippen molar-refractivity contribution in [3.8, 4) is 0 Å². The Hall–Kier alpha value is -1.94. The molecule has 1 unspecified atom stereocenters. The molecule has 0 bridgehead atoms. The number of carbonyl (C=O) groups is 2. The molecule has 24 heavy (non-hydrogen) atoms. The van der Waals surface area contributed by atoms with Crippen molar-refractivity contribution in [1.29, 1.82) is 0 Å². The van der Waals surface area contributed by atoms with Gasteiger partial charge in [-0.05, 0) is 31.9 Å². The second-order valence-electron chi connectivity index (χ2n) is 6.32. The summed E-state index contributed by atoms with van der Waals surface area (Å²) in [5.74, 6) is -0.326. The zero-order chi connectivity index (χ0) is 17.5. The maximum absolute atomic E-state index is 12.5. The number of amides is 1. The number of ether oxygens (including phenoxy) is 1. The molecule has 1 aromatic rings. The fourth-order valence-electron chi connectivity index (χ4n) is 2.97. The Morgan fingerprint density at radius 3 is 2.67 bits per heavy atom. The molecule has 2 rings (SSSR count). The fraction of sp³-hybridized carbons (Fsp3) is 0.500. The predicted molar refractivity (Wildman–Crippen MR) is 96.2 cm³/mol. The van der Waals surface area contributed by atoms with Crippen LogP contribution in [-0.4, -0.2) is 24.5 Å². The lowest BCUT2D eigenvalue weighted by molar-refractivity contribution is -0.118. The maximum atomic E-state index is 12.5. The molecule has 0 radical (unpaired) electrons. The van der Waals surface area contributed by atoms with Crippen molar-refractivity contribution < 1.29 is 14.3 Å². The number of benzene rings is 1.